The van der Waals surface area contributed by atoms with Crippen molar-refractivity contribution in [3.63, 3.8) is 0 Å². The van der Waals surface area contributed by atoms with E-state index in [1.54, 1.807) is 20.8 Å². The van der Waals surface area contributed by atoms with Gasteiger partial charge in [-0.25, -0.2) is 4.98 Å². The first-order valence-corrected chi connectivity index (χ1v) is 7.18. The average molecular weight is 347 g/mol. The Morgan fingerprint density at radius 3 is 2.83 bits per heavy atom. The number of aromatic nitrogens is 2. The summed E-state index contributed by atoms with van der Waals surface area (Å²) in [7, 11) is 0. The summed E-state index contributed by atoms with van der Waals surface area (Å²) in [4.78, 5) is 19.9. The standard InChI is InChI=1S/C17H29N5O2/c1-9-6-7-12(10(2)13(9)23)20-15-11(14(18)24)8-19-16(21-15)22-17(3,4)5/h8-10,12-13,23H,6-7H2,1-5H3,(H2,18,24)(H2,19,20,21,22)/t9-,10?,12+,13-/m0/s1/i1D3,6D2,7D2,9D,10D,12D,13D. The molecule has 0 saturated heterocycles. The number of anilines is 2. The topological polar surface area (TPSA) is 113 Å². The molecular formula is C17H29N5O2. The summed E-state index contributed by atoms with van der Waals surface area (Å²) in [6.45, 7) is 2.07. The Morgan fingerprint density at radius 1 is 1.54 bits per heavy atom. The lowest BCUT2D eigenvalue weighted by Crippen LogP contribution is -2.43. The zero-order valence-corrected chi connectivity index (χ0v) is 13.9. The van der Waals surface area contributed by atoms with Crippen LogP contribution in [0.2, 0.25) is 0 Å². The molecule has 0 spiro atoms. The van der Waals surface area contributed by atoms with Gasteiger partial charge in [0, 0.05) is 36.0 Å². The van der Waals surface area contributed by atoms with Crippen molar-refractivity contribution in [2.45, 2.75) is 64.9 Å². The zero-order valence-electron chi connectivity index (χ0n) is 24.9. The number of nitrogens with one attached hydrogen (secondary N) is 2. The second-order valence-corrected chi connectivity index (χ2v) is 6.29. The van der Waals surface area contributed by atoms with Crippen molar-refractivity contribution in [2.24, 2.45) is 17.5 Å². The molecule has 1 unspecified atom stereocenters. The van der Waals surface area contributed by atoms with E-state index in [0.29, 0.717) is 6.92 Å². The maximum absolute atomic E-state index is 12.0. The van der Waals surface area contributed by atoms with Crippen LogP contribution in [0.4, 0.5) is 11.8 Å². The van der Waals surface area contributed by atoms with Crippen LogP contribution in [0.5, 0.6) is 0 Å². The Labute approximate surface area is 158 Å². The van der Waals surface area contributed by atoms with Gasteiger partial charge in [-0.2, -0.15) is 4.98 Å². The first kappa shape index (κ1) is 8.47. The Hall–Kier alpha value is -1.89. The average Bonchev–Trinajstić information content (AvgIpc) is 2.63. The third-order valence-electron chi connectivity index (χ3n) is 3.06. The molecule has 0 bridgehead atoms. The Bertz CT molecular complexity index is 993. The highest BCUT2D eigenvalue weighted by atomic mass is 16.3. The van der Waals surface area contributed by atoms with Gasteiger partial charge in [0.05, 0.1) is 14.4 Å². The molecule has 0 radical (unpaired) electrons. The summed E-state index contributed by atoms with van der Waals surface area (Å²) in [6, 6.07) is -3.40. The quantitative estimate of drug-likeness (QED) is 0.663. The molecule has 134 valence electrons. The first-order chi connectivity index (χ1) is 15.2. The molecule has 1 heterocycles. The Balaban J connectivity index is 2.87. The van der Waals surface area contributed by atoms with Crippen molar-refractivity contribution >= 4 is 17.7 Å². The highest BCUT2D eigenvalue weighted by Gasteiger charge is 2.34. The lowest BCUT2D eigenvalue weighted by Gasteiger charge is -2.38. The number of hydrogen-bond donors (Lipinski definition) is 4. The maximum Gasteiger partial charge on any atom is 0.254 e. The van der Waals surface area contributed by atoms with E-state index in [9.17, 15) is 9.90 Å². The van der Waals surface area contributed by atoms with Crippen LogP contribution >= 0.6 is 0 Å². The van der Waals surface area contributed by atoms with E-state index in [0.717, 1.165) is 6.20 Å². The highest BCUT2D eigenvalue weighted by Crippen LogP contribution is 2.31. The van der Waals surface area contributed by atoms with Crippen LogP contribution in [-0.2, 0) is 0 Å². The minimum atomic E-state index is -3.91. The molecule has 0 aliphatic heterocycles. The van der Waals surface area contributed by atoms with E-state index in [2.05, 4.69) is 20.6 Å². The number of rotatable bonds is 4. The minimum Gasteiger partial charge on any atom is -0.392 e. The molecule has 1 saturated carbocycles. The lowest BCUT2D eigenvalue weighted by atomic mass is 9.77. The normalized spacial score (nSPS) is 51.3. The van der Waals surface area contributed by atoms with E-state index in [-0.39, 0.29) is 5.95 Å². The van der Waals surface area contributed by atoms with Gasteiger partial charge in [-0.1, -0.05) is 13.8 Å². The molecule has 24 heavy (non-hydrogen) atoms. The van der Waals surface area contributed by atoms with Crippen molar-refractivity contribution in [1.82, 2.24) is 9.97 Å². The molecule has 5 N–H and O–H groups in total. The lowest BCUT2D eigenvalue weighted by molar-refractivity contribution is 0.0267. The van der Waals surface area contributed by atoms with Crippen LogP contribution in [0.1, 0.15) is 72.7 Å². The monoisotopic (exact) mass is 346 g/mol. The largest absolute Gasteiger partial charge is 0.392 e. The van der Waals surface area contributed by atoms with Gasteiger partial charge < -0.3 is 21.5 Å². The minimum absolute atomic E-state index is 0.127. The summed E-state index contributed by atoms with van der Waals surface area (Å²) in [5.41, 5.74) is 4.25. The number of carbonyl (C=O) groups excluding carboxylic acids is 1. The first-order valence-electron chi connectivity index (χ1n) is 12.7. The van der Waals surface area contributed by atoms with Crippen LogP contribution in [-0.4, -0.2) is 38.6 Å². The molecule has 1 amide bonds. The molecular weight excluding hydrogens is 306 g/mol. The molecule has 1 fully saturated rings. The van der Waals surface area contributed by atoms with E-state index in [1.165, 1.54) is 0 Å². The van der Waals surface area contributed by atoms with E-state index in [4.69, 9.17) is 20.8 Å². The van der Waals surface area contributed by atoms with Gasteiger partial charge in [0.15, 0.2) is 0 Å². The van der Waals surface area contributed by atoms with Gasteiger partial charge in [0.1, 0.15) is 5.82 Å². The van der Waals surface area contributed by atoms with Gasteiger partial charge in [0.25, 0.3) is 5.91 Å². The van der Waals surface area contributed by atoms with Crippen molar-refractivity contribution in [3.8, 4) is 0 Å². The highest BCUT2D eigenvalue weighted by molar-refractivity contribution is 5.97. The fourth-order valence-electron chi connectivity index (χ4n) is 1.88. The number of amides is 1. The predicted octanol–water partition coefficient (Wildman–Crippen LogP) is 1.99. The fourth-order valence-corrected chi connectivity index (χ4v) is 1.88. The molecule has 1 aliphatic rings. The summed E-state index contributed by atoms with van der Waals surface area (Å²) in [5.74, 6) is -9.05. The Morgan fingerprint density at radius 2 is 2.25 bits per heavy atom. The number of aliphatic hydroxyl groups is 1. The number of hydrogen-bond acceptors (Lipinski definition) is 6. The molecule has 1 aromatic heterocycles. The molecule has 4 atom stereocenters. The van der Waals surface area contributed by atoms with Crippen LogP contribution in [0, 0.1) is 11.8 Å². The molecule has 2 rings (SSSR count). The van der Waals surface area contributed by atoms with E-state index >= 15 is 0 Å². The van der Waals surface area contributed by atoms with Gasteiger partial charge >= 0.3 is 0 Å². The van der Waals surface area contributed by atoms with Crippen LogP contribution in [0.25, 0.3) is 0 Å². The van der Waals surface area contributed by atoms with Crippen LogP contribution in [0.3, 0.4) is 0 Å². The zero-order chi connectivity index (χ0) is 27.8. The van der Waals surface area contributed by atoms with Crippen LogP contribution in [0.15, 0.2) is 6.20 Å². The van der Waals surface area contributed by atoms with Gasteiger partial charge in [-0.15, -0.1) is 0 Å². The summed E-state index contributed by atoms with van der Waals surface area (Å²) < 4.78 is 90.5. The number of primary amides is 1. The number of carbonyl (C=O) groups is 1. The van der Waals surface area contributed by atoms with Gasteiger partial charge in [0.2, 0.25) is 5.95 Å². The summed E-state index contributed by atoms with van der Waals surface area (Å²) in [5, 5.41) is 16.0. The fraction of sp³-hybridized carbons (Fsp3) is 0.706. The molecule has 0 aromatic carbocycles. The number of nitrogens with two attached hydrogens (primary N) is 1. The predicted molar refractivity (Wildman–Crippen MR) is 94.9 cm³/mol. The molecule has 7 nitrogen and oxygen atoms in total. The SMILES string of the molecule is [2H]C1([2H])C([2H])([2H])[C@]([2H])(C([2H])([2H])[2H])[C@]([2H])(O)C([2H])(C)[C@]1([2H])Nc1nc(NC(C)(C)C)ncc1C(N)=O. The molecule has 1 aromatic rings. The third kappa shape index (κ3) is 4.35. The van der Waals surface area contributed by atoms with Gasteiger partial charge in [-0.05, 0) is 39.4 Å². The third-order valence-corrected chi connectivity index (χ3v) is 3.06. The van der Waals surface area contributed by atoms with Crippen molar-refractivity contribution in [1.29, 1.82) is 0 Å². The smallest absolute Gasteiger partial charge is 0.254 e. The van der Waals surface area contributed by atoms with Crippen molar-refractivity contribution in [3.05, 3.63) is 11.8 Å². The van der Waals surface area contributed by atoms with Crippen LogP contribution < -0.4 is 16.4 Å². The Kier molecular flexibility index (Phi) is 2.44. The molecule has 7 heteroatoms. The summed E-state index contributed by atoms with van der Waals surface area (Å²) in [6.07, 6.45) is -10.6. The second kappa shape index (κ2) is 6.93. The van der Waals surface area contributed by atoms with E-state index < -0.39 is 66.3 Å². The van der Waals surface area contributed by atoms with E-state index in [1.807, 2.05) is 0 Å². The maximum atomic E-state index is 12.0. The summed E-state index contributed by atoms with van der Waals surface area (Å²) >= 11 is 0. The van der Waals surface area contributed by atoms with Crippen molar-refractivity contribution < 1.29 is 25.0 Å². The van der Waals surface area contributed by atoms with Crippen molar-refractivity contribution in [2.75, 3.05) is 10.6 Å². The van der Waals surface area contributed by atoms with Gasteiger partial charge in [-0.3, -0.25) is 4.79 Å². The number of nitrogens with zero attached hydrogens (tertiary/aromatic N) is 2. The second-order valence-electron chi connectivity index (χ2n) is 6.29. The molecule has 1 aliphatic carbocycles.